The number of nitrogens with one attached hydrogen (secondary N) is 1. The van der Waals surface area contributed by atoms with Crippen LogP contribution in [-0.2, 0) is 4.79 Å². The molecular formula is C11H20N4O. The third kappa shape index (κ3) is 3.66. The lowest BCUT2D eigenvalue weighted by Crippen LogP contribution is -2.19. The van der Waals surface area contributed by atoms with Crippen LogP contribution in [0.3, 0.4) is 0 Å². The molecule has 1 amide bonds. The highest BCUT2D eigenvalue weighted by Gasteiger charge is 2.09. The van der Waals surface area contributed by atoms with E-state index in [-0.39, 0.29) is 11.8 Å². The molecule has 5 nitrogen and oxygen atoms in total. The number of amides is 1. The predicted octanol–water partition coefficient (Wildman–Crippen LogP) is 1.39. The Morgan fingerprint density at radius 3 is 2.75 bits per heavy atom. The smallest absolute Gasteiger partial charge is 0.224 e. The van der Waals surface area contributed by atoms with Gasteiger partial charge in [0.25, 0.3) is 0 Å². The molecule has 1 aromatic heterocycles. The molecule has 16 heavy (non-hydrogen) atoms. The maximum Gasteiger partial charge on any atom is 0.224 e. The Bertz CT molecular complexity index is 346. The number of hydrogen-bond acceptors (Lipinski definition) is 3. The highest BCUT2D eigenvalue weighted by molar-refractivity contribution is 5.90. The van der Waals surface area contributed by atoms with Gasteiger partial charge in [-0.25, -0.2) is 0 Å². The van der Waals surface area contributed by atoms with Crippen molar-refractivity contribution in [3.8, 4) is 0 Å². The summed E-state index contributed by atoms with van der Waals surface area (Å²) in [6.45, 7) is 6.56. The van der Waals surface area contributed by atoms with Crippen LogP contribution in [0.2, 0.25) is 0 Å². The van der Waals surface area contributed by atoms with Crippen LogP contribution in [0.25, 0.3) is 0 Å². The number of carbonyl (C=O) groups excluding carboxylic acids is 1. The van der Waals surface area contributed by atoms with Crippen molar-refractivity contribution in [1.82, 2.24) is 9.78 Å². The van der Waals surface area contributed by atoms with Crippen molar-refractivity contribution in [2.24, 2.45) is 11.7 Å². The summed E-state index contributed by atoms with van der Waals surface area (Å²) >= 11 is 0. The molecule has 0 saturated carbocycles. The van der Waals surface area contributed by atoms with Gasteiger partial charge in [0.1, 0.15) is 0 Å². The van der Waals surface area contributed by atoms with E-state index in [1.807, 2.05) is 31.6 Å². The van der Waals surface area contributed by atoms with E-state index < -0.39 is 0 Å². The first-order chi connectivity index (χ1) is 7.52. The van der Waals surface area contributed by atoms with Gasteiger partial charge >= 0.3 is 0 Å². The summed E-state index contributed by atoms with van der Waals surface area (Å²) in [7, 11) is 0. The zero-order chi connectivity index (χ0) is 12.1. The number of carbonyl (C=O) groups is 1. The summed E-state index contributed by atoms with van der Waals surface area (Å²) in [4.78, 5) is 11.6. The van der Waals surface area contributed by atoms with Crippen LogP contribution in [0.15, 0.2) is 12.4 Å². The number of nitrogens with zero attached hydrogens (tertiary/aromatic N) is 2. The van der Waals surface area contributed by atoms with Gasteiger partial charge in [0.05, 0.1) is 11.9 Å². The topological polar surface area (TPSA) is 72.9 Å². The van der Waals surface area contributed by atoms with E-state index in [1.165, 1.54) is 0 Å². The fourth-order valence-electron chi connectivity index (χ4n) is 1.30. The average Bonchev–Trinajstić information content (AvgIpc) is 2.65. The summed E-state index contributed by atoms with van der Waals surface area (Å²) < 4.78 is 1.81. The van der Waals surface area contributed by atoms with Gasteiger partial charge in [-0.1, -0.05) is 6.92 Å². The monoisotopic (exact) mass is 224 g/mol. The molecule has 0 fully saturated rings. The molecule has 0 radical (unpaired) electrons. The summed E-state index contributed by atoms with van der Waals surface area (Å²) in [5, 5.41) is 6.95. The molecule has 90 valence electrons. The zero-order valence-corrected chi connectivity index (χ0v) is 10.1. The van der Waals surface area contributed by atoms with E-state index in [0.717, 1.165) is 5.69 Å². The van der Waals surface area contributed by atoms with Crippen molar-refractivity contribution < 1.29 is 4.79 Å². The summed E-state index contributed by atoms with van der Waals surface area (Å²) in [6.07, 6.45) is 3.93. The summed E-state index contributed by atoms with van der Waals surface area (Å²) in [6, 6.07) is 0.300. The van der Waals surface area contributed by atoms with Gasteiger partial charge in [-0.3, -0.25) is 9.48 Å². The Labute approximate surface area is 96.0 Å². The molecule has 0 aromatic carbocycles. The predicted molar refractivity (Wildman–Crippen MR) is 64.1 cm³/mol. The Morgan fingerprint density at radius 2 is 2.25 bits per heavy atom. The van der Waals surface area contributed by atoms with Gasteiger partial charge in [-0.15, -0.1) is 0 Å². The minimum atomic E-state index is -0.0127. The Hall–Kier alpha value is -1.36. The molecule has 0 aliphatic carbocycles. The minimum Gasteiger partial charge on any atom is -0.330 e. The van der Waals surface area contributed by atoms with Crippen LogP contribution < -0.4 is 11.1 Å². The lowest BCUT2D eigenvalue weighted by Gasteiger charge is -2.07. The van der Waals surface area contributed by atoms with Crippen molar-refractivity contribution in [3.63, 3.8) is 0 Å². The Morgan fingerprint density at radius 1 is 1.56 bits per heavy atom. The molecular weight excluding hydrogens is 204 g/mol. The van der Waals surface area contributed by atoms with Gasteiger partial charge in [0.15, 0.2) is 0 Å². The van der Waals surface area contributed by atoms with Crippen LogP contribution in [-0.4, -0.2) is 22.2 Å². The average molecular weight is 224 g/mol. The van der Waals surface area contributed by atoms with Crippen molar-refractivity contribution in [2.45, 2.75) is 33.2 Å². The van der Waals surface area contributed by atoms with Gasteiger partial charge < -0.3 is 11.1 Å². The van der Waals surface area contributed by atoms with E-state index in [9.17, 15) is 4.79 Å². The fraction of sp³-hybridized carbons (Fsp3) is 0.636. The second kappa shape index (κ2) is 5.65. The number of nitrogens with two attached hydrogens (primary N) is 1. The summed E-state index contributed by atoms with van der Waals surface area (Å²) in [5.41, 5.74) is 6.20. The first kappa shape index (κ1) is 12.7. The Kier molecular flexibility index (Phi) is 4.49. The lowest BCUT2D eigenvalue weighted by atomic mass is 10.1. The van der Waals surface area contributed by atoms with Crippen LogP contribution >= 0.6 is 0 Å². The number of anilines is 1. The SMILES string of the molecule is CC(CN)CC(=O)Nc1cnn(C(C)C)c1. The third-order valence-corrected chi connectivity index (χ3v) is 2.35. The van der Waals surface area contributed by atoms with E-state index in [0.29, 0.717) is 19.0 Å². The first-order valence-corrected chi connectivity index (χ1v) is 5.57. The maximum atomic E-state index is 11.6. The first-order valence-electron chi connectivity index (χ1n) is 5.57. The lowest BCUT2D eigenvalue weighted by molar-refractivity contribution is -0.116. The second-order valence-electron chi connectivity index (χ2n) is 4.40. The van der Waals surface area contributed by atoms with Gasteiger partial charge in [-0.05, 0) is 26.3 Å². The van der Waals surface area contributed by atoms with Gasteiger partial charge in [0.2, 0.25) is 5.91 Å². The molecule has 5 heteroatoms. The van der Waals surface area contributed by atoms with Crippen molar-refractivity contribution >= 4 is 11.6 Å². The minimum absolute atomic E-state index is 0.0127. The van der Waals surface area contributed by atoms with Crippen LogP contribution in [0.4, 0.5) is 5.69 Å². The van der Waals surface area contributed by atoms with Crippen molar-refractivity contribution in [3.05, 3.63) is 12.4 Å². The third-order valence-electron chi connectivity index (χ3n) is 2.35. The molecule has 1 atom stereocenters. The molecule has 1 rings (SSSR count). The van der Waals surface area contributed by atoms with Gasteiger partial charge in [-0.2, -0.15) is 5.10 Å². The molecule has 1 heterocycles. The molecule has 1 unspecified atom stereocenters. The zero-order valence-electron chi connectivity index (χ0n) is 10.1. The highest BCUT2D eigenvalue weighted by Crippen LogP contribution is 2.11. The number of hydrogen-bond donors (Lipinski definition) is 2. The Balaban J connectivity index is 2.50. The number of rotatable bonds is 5. The van der Waals surface area contributed by atoms with Crippen LogP contribution in [0, 0.1) is 5.92 Å². The van der Waals surface area contributed by atoms with Crippen LogP contribution in [0.1, 0.15) is 33.2 Å². The van der Waals surface area contributed by atoms with Gasteiger partial charge in [0, 0.05) is 18.7 Å². The standard InChI is InChI=1S/C11H20N4O/c1-8(2)15-7-10(6-13-15)14-11(16)4-9(3)5-12/h6-9H,4-5,12H2,1-3H3,(H,14,16). The molecule has 0 saturated heterocycles. The van der Waals surface area contributed by atoms with Crippen molar-refractivity contribution in [2.75, 3.05) is 11.9 Å². The van der Waals surface area contributed by atoms with E-state index >= 15 is 0 Å². The highest BCUT2D eigenvalue weighted by atomic mass is 16.1. The van der Waals surface area contributed by atoms with Crippen molar-refractivity contribution in [1.29, 1.82) is 0 Å². The molecule has 0 spiro atoms. The van der Waals surface area contributed by atoms with E-state index in [1.54, 1.807) is 6.20 Å². The molecule has 3 N–H and O–H groups in total. The summed E-state index contributed by atoms with van der Waals surface area (Å²) in [5.74, 6) is 0.196. The normalized spacial score (nSPS) is 12.8. The van der Waals surface area contributed by atoms with E-state index in [2.05, 4.69) is 10.4 Å². The molecule has 0 aliphatic rings. The molecule has 1 aromatic rings. The van der Waals surface area contributed by atoms with E-state index in [4.69, 9.17) is 5.73 Å². The second-order valence-corrected chi connectivity index (χ2v) is 4.40. The molecule has 0 bridgehead atoms. The molecule has 0 aliphatic heterocycles. The maximum absolute atomic E-state index is 11.6. The van der Waals surface area contributed by atoms with Crippen LogP contribution in [0.5, 0.6) is 0 Å². The largest absolute Gasteiger partial charge is 0.330 e. The fourth-order valence-corrected chi connectivity index (χ4v) is 1.30. The number of aromatic nitrogens is 2. The quantitative estimate of drug-likeness (QED) is 0.793.